The van der Waals surface area contributed by atoms with Gasteiger partial charge in [-0.3, -0.25) is 0 Å². The van der Waals surface area contributed by atoms with E-state index >= 15 is 0 Å². The number of hydrogen-bond donors (Lipinski definition) is 0. The van der Waals surface area contributed by atoms with E-state index in [9.17, 15) is 0 Å². The molecule has 0 aromatic heterocycles. The summed E-state index contributed by atoms with van der Waals surface area (Å²) in [6, 6.07) is 0. The summed E-state index contributed by atoms with van der Waals surface area (Å²) in [7, 11) is 1.66. The van der Waals surface area contributed by atoms with E-state index in [-0.39, 0.29) is 0 Å². The summed E-state index contributed by atoms with van der Waals surface area (Å²) in [6.45, 7) is 10.2. The molecule has 0 spiro atoms. The highest BCUT2D eigenvalue weighted by molar-refractivity contribution is 4.46. The molecule has 0 aliphatic heterocycles. The fraction of sp³-hybridized carbons (Fsp3) is 1.00. The Bertz CT molecular complexity index is 278. The zero-order chi connectivity index (χ0) is 22.5. The first-order valence-corrected chi connectivity index (χ1v) is 12.4. The van der Waals surface area contributed by atoms with Crippen molar-refractivity contribution >= 4 is 0 Å². The van der Waals surface area contributed by atoms with Gasteiger partial charge in [-0.15, -0.1) is 0 Å². The van der Waals surface area contributed by atoms with Crippen LogP contribution in [0.1, 0.15) is 64.7 Å². The van der Waals surface area contributed by atoms with Gasteiger partial charge in [0.15, 0.2) is 0 Å². The monoisotopic (exact) mass is 450 g/mol. The summed E-state index contributed by atoms with van der Waals surface area (Å²) in [5.74, 6) is 0. The molecule has 0 aliphatic carbocycles. The largest absolute Gasteiger partial charge is 0.382 e. The minimum Gasteiger partial charge on any atom is -0.382 e. The molecule has 188 valence electrons. The van der Waals surface area contributed by atoms with Crippen LogP contribution in [0.3, 0.4) is 0 Å². The molecule has 7 heteroatoms. The second kappa shape index (κ2) is 29.7. The lowest BCUT2D eigenvalue weighted by molar-refractivity contribution is -0.0191. The number of ether oxygens (including phenoxy) is 7. The van der Waals surface area contributed by atoms with E-state index in [1.165, 1.54) is 51.4 Å². The number of hydrogen-bond acceptors (Lipinski definition) is 7. The van der Waals surface area contributed by atoms with Crippen LogP contribution in [0.2, 0.25) is 0 Å². The molecule has 0 heterocycles. The quantitative estimate of drug-likeness (QED) is 0.165. The van der Waals surface area contributed by atoms with Crippen LogP contribution in [0.5, 0.6) is 0 Å². The van der Waals surface area contributed by atoms with Gasteiger partial charge in [-0.25, -0.2) is 0 Å². The Morgan fingerprint density at radius 1 is 0.323 bits per heavy atom. The standard InChI is InChI=1S/C24H50O7/c1-3-4-5-6-7-8-9-10-11-12-26-15-16-28-19-20-30-23-24-31-22-21-29-18-17-27-14-13-25-2/h3-24H2,1-2H3. The fourth-order valence-electron chi connectivity index (χ4n) is 2.86. The maximum Gasteiger partial charge on any atom is 0.0701 e. The van der Waals surface area contributed by atoms with Crippen LogP contribution in [0.4, 0.5) is 0 Å². The molecule has 0 aliphatic rings. The van der Waals surface area contributed by atoms with Crippen LogP contribution in [-0.4, -0.2) is 93.0 Å². The molecule has 0 saturated carbocycles. The maximum atomic E-state index is 5.61. The second-order valence-corrected chi connectivity index (χ2v) is 7.50. The molecule has 0 fully saturated rings. The SMILES string of the molecule is CCCCCCCCCCCOCCOCCOCCOCCOCCOCCOC. The fourth-order valence-corrected chi connectivity index (χ4v) is 2.86. The third-order valence-corrected chi connectivity index (χ3v) is 4.68. The van der Waals surface area contributed by atoms with Crippen LogP contribution < -0.4 is 0 Å². The van der Waals surface area contributed by atoms with E-state index in [1.54, 1.807) is 7.11 Å². The van der Waals surface area contributed by atoms with Gasteiger partial charge in [0, 0.05) is 13.7 Å². The first-order valence-electron chi connectivity index (χ1n) is 12.4. The summed E-state index contributed by atoms with van der Waals surface area (Å²) < 4.78 is 37.6. The highest BCUT2D eigenvalue weighted by atomic mass is 16.6. The summed E-state index contributed by atoms with van der Waals surface area (Å²) in [5.41, 5.74) is 0. The average Bonchev–Trinajstić information content (AvgIpc) is 2.78. The summed E-state index contributed by atoms with van der Waals surface area (Å²) >= 11 is 0. The second-order valence-electron chi connectivity index (χ2n) is 7.50. The molecular formula is C24H50O7. The molecular weight excluding hydrogens is 400 g/mol. The number of methoxy groups -OCH3 is 1. The van der Waals surface area contributed by atoms with Gasteiger partial charge in [-0.05, 0) is 6.42 Å². The van der Waals surface area contributed by atoms with Crippen molar-refractivity contribution < 1.29 is 33.2 Å². The predicted molar refractivity (Wildman–Crippen MR) is 124 cm³/mol. The molecule has 0 aromatic carbocycles. The molecule has 0 N–H and O–H groups in total. The van der Waals surface area contributed by atoms with Gasteiger partial charge in [0.1, 0.15) is 0 Å². The number of rotatable bonds is 28. The van der Waals surface area contributed by atoms with E-state index in [0.717, 1.165) is 13.0 Å². The van der Waals surface area contributed by atoms with Gasteiger partial charge >= 0.3 is 0 Å². The van der Waals surface area contributed by atoms with E-state index in [4.69, 9.17) is 33.2 Å². The first kappa shape index (κ1) is 30.7. The third-order valence-electron chi connectivity index (χ3n) is 4.68. The van der Waals surface area contributed by atoms with Gasteiger partial charge in [-0.2, -0.15) is 0 Å². The van der Waals surface area contributed by atoms with Crippen molar-refractivity contribution in [3.05, 3.63) is 0 Å². The van der Waals surface area contributed by atoms with Crippen LogP contribution >= 0.6 is 0 Å². The smallest absolute Gasteiger partial charge is 0.0701 e. The Kier molecular flexibility index (Phi) is 29.5. The molecule has 0 saturated heterocycles. The highest BCUT2D eigenvalue weighted by Crippen LogP contribution is 2.09. The Morgan fingerprint density at radius 3 is 0.968 bits per heavy atom. The summed E-state index contributed by atoms with van der Waals surface area (Å²) in [4.78, 5) is 0. The van der Waals surface area contributed by atoms with Crippen molar-refractivity contribution in [3.8, 4) is 0 Å². The number of unbranched alkanes of at least 4 members (excludes halogenated alkanes) is 8. The van der Waals surface area contributed by atoms with Crippen molar-refractivity contribution in [2.24, 2.45) is 0 Å². The lowest BCUT2D eigenvalue weighted by Gasteiger charge is -2.08. The minimum absolute atomic E-state index is 0.564. The van der Waals surface area contributed by atoms with Gasteiger partial charge in [0.05, 0.1) is 79.3 Å². The molecule has 7 nitrogen and oxygen atoms in total. The Labute approximate surface area is 191 Å². The predicted octanol–water partition coefficient (Wildman–Crippen LogP) is 4.26. The highest BCUT2D eigenvalue weighted by Gasteiger charge is 1.95. The Morgan fingerprint density at radius 2 is 0.613 bits per heavy atom. The zero-order valence-electron chi connectivity index (χ0n) is 20.4. The zero-order valence-corrected chi connectivity index (χ0v) is 20.4. The van der Waals surface area contributed by atoms with Gasteiger partial charge in [0.2, 0.25) is 0 Å². The topological polar surface area (TPSA) is 64.6 Å². The van der Waals surface area contributed by atoms with Crippen LogP contribution in [-0.2, 0) is 33.2 Å². The third kappa shape index (κ3) is 29.7. The van der Waals surface area contributed by atoms with Crippen molar-refractivity contribution in [2.45, 2.75) is 64.7 Å². The first-order chi connectivity index (χ1) is 15.4. The van der Waals surface area contributed by atoms with E-state index < -0.39 is 0 Å². The summed E-state index contributed by atoms with van der Waals surface area (Å²) in [5, 5.41) is 0. The summed E-state index contributed by atoms with van der Waals surface area (Å²) in [6.07, 6.45) is 12.1. The molecule has 31 heavy (non-hydrogen) atoms. The van der Waals surface area contributed by atoms with E-state index in [1.807, 2.05) is 0 Å². The maximum absolute atomic E-state index is 5.61. The van der Waals surface area contributed by atoms with Gasteiger partial charge in [0.25, 0.3) is 0 Å². The normalized spacial score (nSPS) is 11.4. The lowest BCUT2D eigenvalue weighted by Crippen LogP contribution is -2.14. The van der Waals surface area contributed by atoms with Gasteiger partial charge in [-0.1, -0.05) is 58.3 Å². The van der Waals surface area contributed by atoms with Crippen molar-refractivity contribution in [3.63, 3.8) is 0 Å². The Balaban J connectivity index is 2.98. The van der Waals surface area contributed by atoms with E-state index in [2.05, 4.69) is 6.92 Å². The van der Waals surface area contributed by atoms with Crippen molar-refractivity contribution in [1.82, 2.24) is 0 Å². The lowest BCUT2D eigenvalue weighted by atomic mass is 10.1. The molecule has 0 aromatic rings. The molecule has 0 bridgehead atoms. The molecule has 0 unspecified atom stereocenters. The molecule has 0 rings (SSSR count). The average molecular weight is 451 g/mol. The molecule has 0 radical (unpaired) electrons. The van der Waals surface area contributed by atoms with Crippen molar-refractivity contribution in [1.29, 1.82) is 0 Å². The molecule has 0 atom stereocenters. The molecule has 0 amide bonds. The minimum atomic E-state index is 0.564. The Hall–Kier alpha value is -0.280. The van der Waals surface area contributed by atoms with Crippen molar-refractivity contribution in [2.75, 3.05) is 93.0 Å². The van der Waals surface area contributed by atoms with Crippen LogP contribution in [0.15, 0.2) is 0 Å². The van der Waals surface area contributed by atoms with Crippen LogP contribution in [0.25, 0.3) is 0 Å². The van der Waals surface area contributed by atoms with Gasteiger partial charge < -0.3 is 33.2 Å². The van der Waals surface area contributed by atoms with Crippen LogP contribution in [0, 0.1) is 0 Å². The van der Waals surface area contributed by atoms with E-state index in [0.29, 0.717) is 79.3 Å².